The molecule has 0 aliphatic rings. The predicted molar refractivity (Wildman–Crippen MR) is 67.0 cm³/mol. The van der Waals surface area contributed by atoms with Crippen LogP contribution < -0.4 is 0 Å². The molecule has 1 nitrogen and oxygen atoms in total. The van der Waals surface area contributed by atoms with Crippen molar-refractivity contribution in [1.29, 1.82) is 0 Å². The van der Waals surface area contributed by atoms with Gasteiger partial charge in [0.15, 0.2) is 0 Å². The molecule has 0 saturated heterocycles. The van der Waals surface area contributed by atoms with Gasteiger partial charge in [0.25, 0.3) is 0 Å². The van der Waals surface area contributed by atoms with Gasteiger partial charge in [0.05, 0.1) is 0 Å². The predicted octanol–water partition coefficient (Wildman–Crippen LogP) is 4.52. The van der Waals surface area contributed by atoms with Crippen molar-refractivity contribution in [3.63, 3.8) is 0 Å². The summed E-state index contributed by atoms with van der Waals surface area (Å²) in [6.07, 6.45) is 12.5. The summed E-state index contributed by atoms with van der Waals surface area (Å²) in [5.74, 6) is 1.14. The Hall–Kier alpha value is -0.590. The van der Waals surface area contributed by atoms with Crippen LogP contribution in [-0.4, -0.2) is 5.78 Å². The minimum Gasteiger partial charge on any atom is -0.300 e. The lowest BCUT2D eigenvalue weighted by molar-refractivity contribution is -0.116. The van der Waals surface area contributed by atoms with E-state index in [1.165, 1.54) is 32.1 Å². The number of carbonyl (C=O) groups is 1. The summed E-state index contributed by atoms with van der Waals surface area (Å²) in [7, 11) is 0. The third kappa shape index (κ3) is 11.3. The lowest BCUT2D eigenvalue weighted by atomic mass is 10.0. The van der Waals surface area contributed by atoms with E-state index in [2.05, 4.69) is 19.9 Å². The summed E-state index contributed by atoms with van der Waals surface area (Å²) in [5.41, 5.74) is 0. The maximum absolute atomic E-state index is 10.6. The average molecular weight is 210 g/mol. The van der Waals surface area contributed by atoms with Gasteiger partial charge in [-0.05, 0) is 25.7 Å². The van der Waals surface area contributed by atoms with Gasteiger partial charge in [0.2, 0.25) is 0 Å². The third-order valence-electron chi connectivity index (χ3n) is 2.84. The largest absolute Gasteiger partial charge is 0.300 e. The van der Waals surface area contributed by atoms with Crippen molar-refractivity contribution in [1.82, 2.24) is 0 Å². The molecule has 0 aliphatic heterocycles. The van der Waals surface area contributed by atoms with Gasteiger partial charge in [0.1, 0.15) is 5.78 Å². The summed E-state index contributed by atoms with van der Waals surface area (Å²) < 4.78 is 0. The first kappa shape index (κ1) is 14.4. The summed E-state index contributed by atoms with van der Waals surface area (Å²) >= 11 is 0. The van der Waals surface area contributed by atoms with Crippen LogP contribution in [0.15, 0.2) is 12.2 Å². The minimum atomic E-state index is 0.253. The Bertz CT molecular complexity index is 182. The van der Waals surface area contributed by atoms with E-state index in [0.29, 0.717) is 6.42 Å². The quantitative estimate of drug-likeness (QED) is 0.404. The van der Waals surface area contributed by atoms with E-state index in [0.717, 1.165) is 12.3 Å². The lowest BCUT2D eigenvalue weighted by Gasteiger charge is -2.06. The van der Waals surface area contributed by atoms with Crippen LogP contribution in [0.25, 0.3) is 0 Å². The van der Waals surface area contributed by atoms with Gasteiger partial charge in [-0.3, -0.25) is 4.79 Å². The van der Waals surface area contributed by atoms with Gasteiger partial charge in [-0.2, -0.15) is 0 Å². The molecule has 1 atom stereocenters. The molecule has 0 aromatic carbocycles. The zero-order valence-corrected chi connectivity index (χ0v) is 10.6. The maximum Gasteiger partial charge on any atom is 0.133 e. The molecule has 0 aliphatic carbocycles. The summed E-state index contributed by atoms with van der Waals surface area (Å²) in [6.45, 7) is 6.22. The Morgan fingerprint density at radius 3 is 2.53 bits per heavy atom. The van der Waals surface area contributed by atoms with Crippen LogP contribution in [0.5, 0.6) is 0 Å². The highest BCUT2D eigenvalue weighted by Crippen LogP contribution is 2.13. The Morgan fingerprint density at radius 2 is 1.93 bits per heavy atom. The maximum atomic E-state index is 10.6. The first-order valence-corrected chi connectivity index (χ1v) is 6.31. The monoisotopic (exact) mass is 210 g/mol. The van der Waals surface area contributed by atoms with E-state index in [4.69, 9.17) is 0 Å². The fraction of sp³-hybridized carbons (Fsp3) is 0.786. The van der Waals surface area contributed by atoms with Crippen LogP contribution in [0.3, 0.4) is 0 Å². The first-order chi connectivity index (χ1) is 7.16. The molecule has 88 valence electrons. The smallest absolute Gasteiger partial charge is 0.133 e. The third-order valence-corrected chi connectivity index (χ3v) is 2.84. The van der Waals surface area contributed by atoms with Crippen LogP contribution in [0.4, 0.5) is 0 Å². The number of allylic oxidation sites excluding steroid dienone is 2. The Morgan fingerprint density at radius 1 is 1.20 bits per heavy atom. The fourth-order valence-corrected chi connectivity index (χ4v) is 1.50. The van der Waals surface area contributed by atoms with Gasteiger partial charge >= 0.3 is 0 Å². The number of ketones is 1. The molecule has 0 saturated carbocycles. The zero-order valence-electron chi connectivity index (χ0n) is 10.6. The molecule has 1 heteroatoms. The number of hydrogen-bond donors (Lipinski definition) is 0. The normalized spacial score (nSPS) is 13.3. The van der Waals surface area contributed by atoms with Gasteiger partial charge in [0, 0.05) is 6.42 Å². The molecular weight excluding hydrogens is 184 g/mol. The van der Waals surface area contributed by atoms with Gasteiger partial charge in [-0.15, -0.1) is 0 Å². The molecule has 0 fully saturated rings. The Balaban J connectivity index is 3.18. The van der Waals surface area contributed by atoms with Crippen LogP contribution in [-0.2, 0) is 4.79 Å². The second kappa shape index (κ2) is 9.95. The van der Waals surface area contributed by atoms with Crippen LogP contribution in [0.1, 0.15) is 65.7 Å². The van der Waals surface area contributed by atoms with E-state index >= 15 is 0 Å². The summed E-state index contributed by atoms with van der Waals surface area (Å²) in [4.78, 5) is 10.6. The van der Waals surface area contributed by atoms with Crippen LogP contribution in [0.2, 0.25) is 0 Å². The number of Topliss-reactive ketones (excluding diaryl/α,β-unsaturated/α-hetero) is 1. The van der Waals surface area contributed by atoms with Crippen molar-refractivity contribution >= 4 is 5.78 Å². The zero-order chi connectivity index (χ0) is 11.5. The molecule has 0 rings (SSSR count). The van der Waals surface area contributed by atoms with Crippen molar-refractivity contribution in [3.05, 3.63) is 12.2 Å². The fourth-order valence-electron chi connectivity index (χ4n) is 1.50. The van der Waals surface area contributed by atoms with E-state index in [1.807, 2.05) is 6.08 Å². The number of unbranched alkanes of at least 4 members (excludes halogenated alkanes) is 3. The molecule has 0 N–H and O–H groups in total. The van der Waals surface area contributed by atoms with Crippen molar-refractivity contribution in [2.24, 2.45) is 5.92 Å². The van der Waals surface area contributed by atoms with E-state index in [9.17, 15) is 4.79 Å². The summed E-state index contributed by atoms with van der Waals surface area (Å²) in [6, 6.07) is 0. The Kier molecular flexibility index (Phi) is 9.55. The molecule has 0 heterocycles. The van der Waals surface area contributed by atoms with Gasteiger partial charge in [-0.25, -0.2) is 0 Å². The second-order valence-corrected chi connectivity index (χ2v) is 4.53. The minimum absolute atomic E-state index is 0.253. The van der Waals surface area contributed by atoms with Gasteiger partial charge in [-0.1, -0.05) is 51.7 Å². The van der Waals surface area contributed by atoms with E-state index < -0.39 is 0 Å². The van der Waals surface area contributed by atoms with Crippen molar-refractivity contribution < 1.29 is 4.79 Å². The van der Waals surface area contributed by atoms with Crippen molar-refractivity contribution in [3.8, 4) is 0 Å². The van der Waals surface area contributed by atoms with E-state index in [1.54, 1.807) is 6.92 Å². The van der Waals surface area contributed by atoms with Crippen LogP contribution >= 0.6 is 0 Å². The highest BCUT2D eigenvalue weighted by Gasteiger charge is 1.97. The van der Waals surface area contributed by atoms with Gasteiger partial charge < -0.3 is 0 Å². The summed E-state index contributed by atoms with van der Waals surface area (Å²) in [5, 5.41) is 0. The average Bonchev–Trinajstić information content (AvgIpc) is 2.21. The molecule has 0 spiro atoms. The highest BCUT2D eigenvalue weighted by atomic mass is 16.1. The molecule has 0 radical (unpaired) electrons. The molecule has 15 heavy (non-hydrogen) atoms. The molecule has 0 bridgehead atoms. The first-order valence-electron chi connectivity index (χ1n) is 6.31. The number of hydrogen-bond acceptors (Lipinski definition) is 1. The van der Waals surface area contributed by atoms with E-state index in [-0.39, 0.29) is 5.78 Å². The topological polar surface area (TPSA) is 17.1 Å². The highest BCUT2D eigenvalue weighted by molar-refractivity contribution is 5.76. The van der Waals surface area contributed by atoms with Crippen molar-refractivity contribution in [2.45, 2.75) is 65.7 Å². The second-order valence-electron chi connectivity index (χ2n) is 4.53. The standard InChI is InChI=1S/C14H26O/c1-4-13(2)11-9-7-5-6-8-10-12-14(3)15/h8,10,13H,4-7,9,11-12H2,1-3H3/b10-8-. The Labute approximate surface area is 95.0 Å². The number of carbonyl (C=O) groups excluding carboxylic acids is 1. The number of rotatable bonds is 9. The van der Waals surface area contributed by atoms with Crippen LogP contribution in [0, 0.1) is 5.92 Å². The molecular formula is C14H26O. The molecule has 0 aromatic rings. The molecule has 0 aromatic heterocycles. The SMILES string of the molecule is CCC(C)CCCCC/C=C\CC(C)=O. The van der Waals surface area contributed by atoms with Crippen molar-refractivity contribution in [2.75, 3.05) is 0 Å². The lowest BCUT2D eigenvalue weighted by Crippen LogP contribution is -1.91. The molecule has 1 unspecified atom stereocenters. The molecule has 0 amide bonds.